The van der Waals surface area contributed by atoms with Crippen LogP contribution in [-0.4, -0.2) is 87.1 Å². The fourth-order valence-electron chi connectivity index (χ4n) is 4.78. The number of rotatable bonds is 8. The summed E-state index contributed by atoms with van der Waals surface area (Å²) in [6.45, 7) is 7.12. The first-order valence-electron chi connectivity index (χ1n) is 13.4. The van der Waals surface area contributed by atoms with E-state index in [1.54, 1.807) is 36.1 Å². The zero-order valence-electron chi connectivity index (χ0n) is 22.9. The molecule has 2 aromatic rings. The Labute approximate surface area is 234 Å². The minimum Gasteiger partial charge on any atom is -0.464 e. The Morgan fingerprint density at radius 1 is 1.02 bits per heavy atom. The van der Waals surface area contributed by atoms with Crippen LogP contribution < -0.4 is 9.64 Å². The van der Waals surface area contributed by atoms with E-state index in [9.17, 15) is 22.8 Å². The Balaban J connectivity index is 1.59. The second kappa shape index (κ2) is 12.8. The monoisotopic (exact) mass is 573 g/mol. The molecule has 2 heterocycles. The number of hydrogen-bond acceptors (Lipinski definition) is 8. The van der Waals surface area contributed by atoms with Crippen LogP contribution >= 0.6 is 0 Å². The first-order chi connectivity index (χ1) is 19.1. The van der Waals surface area contributed by atoms with Gasteiger partial charge in [-0.25, -0.2) is 18.0 Å². The Kier molecular flexibility index (Phi) is 9.44. The third-order valence-electron chi connectivity index (χ3n) is 6.96. The maximum Gasteiger partial charge on any atom is 0.415 e. The molecule has 2 fully saturated rings. The smallest absolute Gasteiger partial charge is 0.415 e. The van der Waals surface area contributed by atoms with Crippen LogP contribution in [-0.2, 0) is 29.1 Å². The van der Waals surface area contributed by atoms with Crippen LogP contribution in [0.1, 0.15) is 32.3 Å². The summed E-state index contributed by atoms with van der Waals surface area (Å²) in [5.74, 6) is -0.891. The minimum absolute atomic E-state index is 0.106. The molecule has 2 aromatic carbocycles. The van der Waals surface area contributed by atoms with E-state index >= 15 is 0 Å². The van der Waals surface area contributed by atoms with Crippen molar-refractivity contribution in [3.63, 3.8) is 0 Å². The molecule has 4 rings (SSSR count). The van der Waals surface area contributed by atoms with Gasteiger partial charge < -0.3 is 19.1 Å². The van der Waals surface area contributed by atoms with E-state index in [1.807, 2.05) is 6.92 Å². The quantitative estimate of drug-likeness (QED) is 0.442. The highest BCUT2D eigenvalue weighted by molar-refractivity contribution is 7.89. The summed E-state index contributed by atoms with van der Waals surface area (Å²) < 4.78 is 44.1. The van der Waals surface area contributed by atoms with Crippen LogP contribution in [0, 0.1) is 6.92 Å². The SMILES string of the molecule is CCOC(=O)[C@H](C)N(C(=O)[C@@H]1CCCN1S(=O)(=O)c1ccc(C)cc1)c1ccc(OC(=O)N2CCOCC2)cc1. The molecule has 0 saturated carbocycles. The number of aryl methyl sites for hydroxylation is 1. The molecule has 0 radical (unpaired) electrons. The van der Waals surface area contributed by atoms with Gasteiger partial charge >= 0.3 is 12.1 Å². The molecular weight excluding hydrogens is 538 g/mol. The minimum atomic E-state index is -3.95. The van der Waals surface area contributed by atoms with Gasteiger partial charge in [-0.2, -0.15) is 4.31 Å². The highest BCUT2D eigenvalue weighted by Crippen LogP contribution is 2.31. The van der Waals surface area contributed by atoms with E-state index in [0.717, 1.165) is 5.56 Å². The molecule has 0 N–H and O–H groups in total. The fraction of sp³-hybridized carbons (Fsp3) is 0.464. The molecule has 0 spiro atoms. The Morgan fingerprint density at radius 3 is 2.30 bits per heavy atom. The first kappa shape index (κ1) is 29.5. The Bertz CT molecular complexity index is 1310. The number of hydrogen-bond donors (Lipinski definition) is 0. The van der Waals surface area contributed by atoms with E-state index in [1.165, 1.54) is 40.4 Å². The summed E-state index contributed by atoms with van der Waals surface area (Å²) in [6, 6.07) is 10.6. The lowest BCUT2D eigenvalue weighted by Crippen LogP contribution is -2.53. The van der Waals surface area contributed by atoms with Crippen LogP contribution in [0.25, 0.3) is 0 Å². The lowest BCUT2D eigenvalue weighted by Gasteiger charge is -2.33. The fourth-order valence-corrected chi connectivity index (χ4v) is 6.43. The van der Waals surface area contributed by atoms with Gasteiger partial charge in [0.05, 0.1) is 24.7 Å². The van der Waals surface area contributed by atoms with Crippen LogP contribution in [0.4, 0.5) is 10.5 Å². The summed E-state index contributed by atoms with van der Waals surface area (Å²) in [4.78, 5) is 42.2. The molecule has 12 heteroatoms. The molecule has 216 valence electrons. The van der Waals surface area contributed by atoms with Crippen molar-refractivity contribution in [2.24, 2.45) is 0 Å². The van der Waals surface area contributed by atoms with Crippen molar-refractivity contribution in [3.8, 4) is 5.75 Å². The number of morpholine rings is 1. The summed E-state index contributed by atoms with van der Waals surface area (Å²) in [6.07, 6.45) is 0.303. The Morgan fingerprint density at radius 2 is 1.68 bits per heavy atom. The third-order valence-corrected chi connectivity index (χ3v) is 8.88. The normalized spacial score (nSPS) is 18.7. The van der Waals surface area contributed by atoms with Crippen LogP contribution in [0.15, 0.2) is 53.4 Å². The van der Waals surface area contributed by atoms with Gasteiger partial charge in [-0.1, -0.05) is 17.7 Å². The van der Waals surface area contributed by atoms with Gasteiger partial charge in [0, 0.05) is 25.3 Å². The number of esters is 1. The number of nitrogens with zero attached hydrogens (tertiary/aromatic N) is 3. The van der Waals surface area contributed by atoms with Gasteiger partial charge in [-0.3, -0.25) is 9.69 Å². The van der Waals surface area contributed by atoms with Crippen molar-refractivity contribution >= 4 is 33.7 Å². The van der Waals surface area contributed by atoms with E-state index in [4.69, 9.17) is 14.2 Å². The van der Waals surface area contributed by atoms with E-state index in [0.29, 0.717) is 44.8 Å². The van der Waals surface area contributed by atoms with Crippen LogP contribution in [0.2, 0.25) is 0 Å². The number of benzene rings is 2. The number of carbonyl (C=O) groups is 3. The maximum atomic E-state index is 14.0. The summed E-state index contributed by atoms with van der Waals surface area (Å²) in [7, 11) is -3.95. The predicted octanol–water partition coefficient (Wildman–Crippen LogP) is 2.96. The van der Waals surface area contributed by atoms with Gasteiger partial charge in [0.2, 0.25) is 15.9 Å². The average molecular weight is 574 g/mol. The number of anilines is 1. The summed E-state index contributed by atoms with van der Waals surface area (Å²) >= 11 is 0. The summed E-state index contributed by atoms with van der Waals surface area (Å²) in [5, 5.41) is 0. The van der Waals surface area contributed by atoms with Gasteiger partial charge in [0.25, 0.3) is 0 Å². The van der Waals surface area contributed by atoms with E-state index in [2.05, 4.69) is 0 Å². The highest BCUT2D eigenvalue weighted by Gasteiger charge is 2.43. The molecule has 2 atom stereocenters. The zero-order valence-corrected chi connectivity index (χ0v) is 23.8. The van der Waals surface area contributed by atoms with Crippen molar-refractivity contribution in [3.05, 3.63) is 54.1 Å². The van der Waals surface area contributed by atoms with Crippen molar-refractivity contribution in [2.45, 2.75) is 50.6 Å². The van der Waals surface area contributed by atoms with Gasteiger partial charge in [-0.15, -0.1) is 0 Å². The maximum absolute atomic E-state index is 14.0. The molecule has 0 aromatic heterocycles. The average Bonchev–Trinajstić information content (AvgIpc) is 3.46. The van der Waals surface area contributed by atoms with Crippen molar-refractivity contribution < 1.29 is 37.0 Å². The van der Waals surface area contributed by atoms with Crippen LogP contribution in [0.5, 0.6) is 5.75 Å². The van der Waals surface area contributed by atoms with Crippen molar-refractivity contribution in [2.75, 3.05) is 44.4 Å². The van der Waals surface area contributed by atoms with E-state index in [-0.39, 0.29) is 23.8 Å². The lowest BCUT2D eigenvalue weighted by molar-refractivity contribution is -0.145. The Hall–Kier alpha value is -3.48. The molecule has 40 heavy (non-hydrogen) atoms. The summed E-state index contributed by atoms with van der Waals surface area (Å²) in [5.41, 5.74) is 1.26. The molecule has 0 aliphatic carbocycles. The number of amides is 2. The number of carbonyl (C=O) groups excluding carboxylic acids is 3. The third kappa shape index (κ3) is 6.45. The molecule has 0 bridgehead atoms. The molecule has 2 amide bonds. The van der Waals surface area contributed by atoms with Crippen molar-refractivity contribution in [1.29, 1.82) is 0 Å². The first-order valence-corrected chi connectivity index (χ1v) is 14.8. The predicted molar refractivity (Wildman–Crippen MR) is 147 cm³/mol. The molecule has 2 aliphatic rings. The van der Waals surface area contributed by atoms with Crippen LogP contribution in [0.3, 0.4) is 0 Å². The molecule has 0 unspecified atom stereocenters. The topological polar surface area (TPSA) is 123 Å². The second-order valence-electron chi connectivity index (χ2n) is 9.68. The van der Waals surface area contributed by atoms with Gasteiger partial charge in [0.15, 0.2) is 0 Å². The van der Waals surface area contributed by atoms with Gasteiger partial charge in [-0.05, 0) is 70.0 Å². The molecule has 2 saturated heterocycles. The van der Waals surface area contributed by atoms with Crippen molar-refractivity contribution in [1.82, 2.24) is 9.21 Å². The number of ether oxygens (including phenoxy) is 3. The molecular formula is C28H35N3O8S. The lowest BCUT2D eigenvalue weighted by atomic mass is 10.1. The molecule has 2 aliphatic heterocycles. The highest BCUT2D eigenvalue weighted by atomic mass is 32.2. The van der Waals surface area contributed by atoms with E-state index < -0.39 is 40.1 Å². The largest absolute Gasteiger partial charge is 0.464 e. The second-order valence-corrected chi connectivity index (χ2v) is 11.6. The molecule has 11 nitrogen and oxygen atoms in total. The van der Waals surface area contributed by atoms with Gasteiger partial charge in [0.1, 0.15) is 17.8 Å². The standard InChI is InChI=1S/C28H35N3O8S/c1-4-38-27(33)21(3)31(22-9-11-23(12-10-22)39-28(34)29-16-18-37-19-17-29)26(32)25-6-5-15-30(25)40(35,36)24-13-7-20(2)8-14-24/h7-14,21,25H,4-6,15-19H2,1-3H3/t21-,25-/m0/s1. The zero-order chi connectivity index (χ0) is 28.9. The number of sulfonamides is 1.